The third-order valence-electron chi connectivity index (χ3n) is 3.17. The fraction of sp³-hybridized carbons (Fsp3) is 0.118. The van der Waals surface area contributed by atoms with Gasteiger partial charge in [0.05, 0.1) is 0 Å². The molecule has 0 aliphatic rings. The second-order valence-electron chi connectivity index (χ2n) is 4.83. The van der Waals surface area contributed by atoms with E-state index in [4.69, 9.17) is 14.4 Å². The SMILES string of the molecule is N#Cc1nc(COc2ccccc2F)oc1NCc1ccncc1. The number of anilines is 1. The van der Waals surface area contributed by atoms with Crippen molar-refractivity contribution in [3.05, 3.63) is 71.8 Å². The van der Waals surface area contributed by atoms with Gasteiger partial charge in [-0.1, -0.05) is 12.1 Å². The van der Waals surface area contributed by atoms with Crippen molar-refractivity contribution in [2.75, 3.05) is 5.32 Å². The van der Waals surface area contributed by atoms with Crippen LogP contribution in [0.4, 0.5) is 10.3 Å². The molecule has 7 heteroatoms. The van der Waals surface area contributed by atoms with Crippen molar-refractivity contribution in [2.45, 2.75) is 13.2 Å². The number of aromatic nitrogens is 2. The van der Waals surface area contributed by atoms with E-state index in [1.165, 1.54) is 12.1 Å². The standard InChI is InChI=1S/C17H13FN4O2/c18-13-3-1-2-4-15(13)23-11-16-22-14(9-19)17(24-16)21-10-12-5-7-20-8-6-12/h1-8,21H,10-11H2. The van der Waals surface area contributed by atoms with Crippen LogP contribution in [-0.2, 0) is 13.2 Å². The molecule has 0 atom stereocenters. The lowest BCUT2D eigenvalue weighted by molar-refractivity contribution is 0.253. The van der Waals surface area contributed by atoms with Crippen molar-refractivity contribution < 1.29 is 13.5 Å². The summed E-state index contributed by atoms with van der Waals surface area (Å²) in [5, 5.41) is 12.1. The molecule has 2 aromatic heterocycles. The van der Waals surface area contributed by atoms with Crippen LogP contribution in [0.2, 0.25) is 0 Å². The van der Waals surface area contributed by atoms with Gasteiger partial charge in [0.25, 0.3) is 0 Å². The number of oxazole rings is 1. The molecule has 0 aliphatic heterocycles. The number of hydrogen-bond acceptors (Lipinski definition) is 6. The maximum Gasteiger partial charge on any atom is 0.236 e. The van der Waals surface area contributed by atoms with Crippen LogP contribution in [0, 0.1) is 17.1 Å². The molecule has 6 nitrogen and oxygen atoms in total. The van der Waals surface area contributed by atoms with Crippen LogP contribution in [0.25, 0.3) is 0 Å². The van der Waals surface area contributed by atoms with Crippen LogP contribution < -0.4 is 10.1 Å². The summed E-state index contributed by atoms with van der Waals surface area (Å²) in [4.78, 5) is 7.97. The maximum atomic E-state index is 13.5. The van der Waals surface area contributed by atoms with Crippen molar-refractivity contribution >= 4 is 5.88 Å². The lowest BCUT2D eigenvalue weighted by Crippen LogP contribution is -1.99. The molecular formula is C17H13FN4O2. The molecule has 3 aromatic rings. The zero-order valence-electron chi connectivity index (χ0n) is 12.6. The number of ether oxygens (including phenoxy) is 1. The molecule has 0 radical (unpaired) electrons. The van der Waals surface area contributed by atoms with Crippen molar-refractivity contribution in [2.24, 2.45) is 0 Å². The monoisotopic (exact) mass is 324 g/mol. The van der Waals surface area contributed by atoms with Gasteiger partial charge in [-0.15, -0.1) is 0 Å². The first-order chi connectivity index (χ1) is 11.8. The van der Waals surface area contributed by atoms with E-state index in [0.29, 0.717) is 6.54 Å². The predicted octanol–water partition coefficient (Wildman–Crippen LogP) is 3.27. The maximum absolute atomic E-state index is 13.5. The minimum Gasteiger partial charge on any atom is -0.481 e. The Morgan fingerprint density at radius 2 is 2.00 bits per heavy atom. The summed E-state index contributed by atoms with van der Waals surface area (Å²) in [6.45, 7) is 0.382. The summed E-state index contributed by atoms with van der Waals surface area (Å²) in [5.74, 6) is 0.0644. The third-order valence-corrected chi connectivity index (χ3v) is 3.17. The van der Waals surface area contributed by atoms with Gasteiger partial charge in [-0.3, -0.25) is 4.98 Å². The van der Waals surface area contributed by atoms with Crippen LogP contribution >= 0.6 is 0 Å². The van der Waals surface area contributed by atoms with E-state index in [2.05, 4.69) is 15.3 Å². The van der Waals surface area contributed by atoms with Crippen molar-refractivity contribution in [3.63, 3.8) is 0 Å². The summed E-state index contributed by atoms with van der Waals surface area (Å²) < 4.78 is 24.3. The van der Waals surface area contributed by atoms with E-state index in [0.717, 1.165) is 5.56 Å². The van der Waals surface area contributed by atoms with Crippen molar-refractivity contribution in [3.8, 4) is 11.8 Å². The van der Waals surface area contributed by atoms with Crippen LogP contribution in [0.3, 0.4) is 0 Å². The molecule has 0 bridgehead atoms. The van der Waals surface area contributed by atoms with Gasteiger partial charge in [0, 0.05) is 18.9 Å². The zero-order valence-corrected chi connectivity index (χ0v) is 12.6. The fourth-order valence-corrected chi connectivity index (χ4v) is 2.01. The molecule has 0 unspecified atom stereocenters. The number of hydrogen-bond donors (Lipinski definition) is 1. The van der Waals surface area contributed by atoms with Crippen LogP contribution in [0.5, 0.6) is 5.75 Å². The first-order valence-electron chi connectivity index (χ1n) is 7.16. The quantitative estimate of drug-likeness (QED) is 0.749. The molecule has 0 spiro atoms. The number of pyridine rings is 1. The van der Waals surface area contributed by atoms with Crippen molar-refractivity contribution in [1.29, 1.82) is 5.26 Å². The van der Waals surface area contributed by atoms with Gasteiger partial charge in [-0.25, -0.2) is 4.39 Å². The number of nitrogens with zero attached hydrogens (tertiary/aromatic N) is 3. The summed E-state index contributed by atoms with van der Waals surface area (Å²) >= 11 is 0. The first kappa shape index (κ1) is 15.5. The van der Waals surface area contributed by atoms with E-state index < -0.39 is 5.82 Å². The normalized spacial score (nSPS) is 10.2. The Morgan fingerprint density at radius 3 is 2.75 bits per heavy atom. The Balaban J connectivity index is 1.66. The molecule has 24 heavy (non-hydrogen) atoms. The highest BCUT2D eigenvalue weighted by molar-refractivity contribution is 5.45. The van der Waals surface area contributed by atoms with E-state index in [1.54, 1.807) is 24.5 Å². The van der Waals surface area contributed by atoms with Gasteiger partial charge in [0.2, 0.25) is 17.5 Å². The molecule has 1 aromatic carbocycles. The molecule has 0 saturated heterocycles. The lowest BCUT2D eigenvalue weighted by Gasteiger charge is -2.04. The fourth-order valence-electron chi connectivity index (χ4n) is 2.01. The highest BCUT2D eigenvalue weighted by atomic mass is 19.1. The number of halogens is 1. The Labute approximate surface area is 137 Å². The average Bonchev–Trinajstić information content (AvgIpc) is 3.02. The van der Waals surface area contributed by atoms with Crippen molar-refractivity contribution in [1.82, 2.24) is 9.97 Å². The number of rotatable bonds is 6. The van der Waals surface area contributed by atoms with E-state index in [1.807, 2.05) is 18.2 Å². The molecule has 0 amide bonds. The van der Waals surface area contributed by atoms with Gasteiger partial charge < -0.3 is 14.5 Å². The molecular weight excluding hydrogens is 311 g/mol. The van der Waals surface area contributed by atoms with Gasteiger partial charge in [-0.2, -0.15) is 10.2 Å². The largest absolute Gasteiger partial charge is 0.481 e. The Morgan fingerprint density at radius 1 is 1.21 bits per heavy atom. The lowest BCUT2D eigenvalue weighted by atomic mass is 10.3. The summed E-state index contributed by atoms with van der Waals surface area (Å²) in [6, 6.07) is 11.7. The molecule has 3 rings (SSSR count). The predicted molar refractivity (Wildman–Crippen MR) is 83.5 cm³/mol. The molecule has 120 valence electrons. The molecule has 0 fully saturated rings. The molecule has 1 N–H and O–H groups in total. The van der Waals surface area contributed by atoms with Gasteiger partial charge in [0.1, 0.15) is 6.07 Å². The highest BCUT2D eigenvalue weighted by Gasteiger charge is 2.14. The van der Waals surface area contributed by atoms with Gasteiger partial charge in [0.15, 0.2) is 18.2 Å². The first-order valence-corrected chi connectivity index (χ1v) is 7.16. The van der Waals surface area contributed by atoms with E-state index in [9.17, 15) is 4.39 Å². The minimum atomic E-state index is -0.472. The third kappa shape index (κ3) is 3.67. The summed E-state index contributed by atoms with van der Waals surface area (Å²) in [7, 11) is 0. The zero-order chi connectivity index (χ0) is 16.8. The van der Waals surface area contributed by atoms with E-state index >= 15 is 0 Å². The van der Waals surface area contributed by atoms with Crippen LogP contribution in [0.15, 0.2) is 53.2 Å². The molecule has 2 heterocycles. The number of nitrogens with one attached hydrogen (secondary N) is 1. The van der Waals surface area contributed by atoms with Gasteiger partial charge >= 0.3 is 0 Å². The number of benzene rings is 1. The smallest absolute Gasteiger partial charge is 0.236 e. The highest BCUT2D eigenvalue weighted by Crippen LogP contribution is 2.21. The topological polar surface area (TPSA) is 84.0 Å². The second-order valence-corrected chi connectivity index (χ2v) is 4.83. The number of para-hydroxylation sites is 1. The second kappa shape index (κ2) is 7.24. The number of nitriles is 1. The Hall–Kier alpha value is -3.40. The average molecular weight is 324 g/mol. The van der Waals surface area contributed by atoms with Crippen LogP contribution in [-0.4, -0.2) is 9.97 Å². The Bertz CT molecular complexity index is 859. The Kier molecular flexibility index (Phi) is 4.68. The minimum absolute atomic E-state index is 0.0768. The van der Waals surface area contributed by atoms with E-state index in [-0.39, 0.29) is 29.8 Å². The molecule has 0 saturated carbocycles. The summed E-state index contributed by atoms with van der Waals surface area (Å²) in [5.41, 5.74) is 1.10. The summed E-state index contributed by atoms with van der Waals surface area (Å²) in [6.07, 6.45) is 3.35. The van der Waals surface area contributed by atoms with Gasteiger partial charge in [-0.05, 0) is 29.8 Å². The molecule has 0 aliphatic carbocycles. The van der Waals surface area contributed by atoms with Crippen LogP contribution in [0.1, 0.15) is 17.1 Å².